The van der Waals surface area contributed by atoms with E-state index < -0.39 is 23.8 Å². The molecule has 0 radical (unpaired) electrons. The quantitative estimate of drug-likeness (QED) is 0.730. The van der Waals surface area contributed by atoms with Gasteiger partial charge in [0.15, 0.2) is 17.3 Å². The highest BCUT2D eigenvalue weighted by molar-refractivity contribution is 6.02. The van der Waals surface area contributed by atoms with E-state index in [1.165, 1.54) is 4.90 Å². The van der Waals surface area contributed by atoms with Gasteiger partial charge in [-0.3, -0.25) is 9.59 Å². The van der Waals surface area contributed by atoms with Gasteiger partial charge in [-0.05, 0) is 51.8 Å². The molecular formula is C21H30N2O6. The minimum absolute atomic E-state index is 0.118. The number of benzene rings is 1. The van der Waals surface area contributed by atoms with Gasteiger partial charge in [-0.2, -0.15) is 0 Å². The normalized spacial score (nSPS) is 14.9. The summed E-state index contributed by atoms with van der Waals surface area (Å²) in [6.07, 6.45) is -0.673. The molecule has 0 aliphatic carbocycles. The molecule has 1 unspecified atom stereocenters. The van der Waals surface area contributed by atoms with Crippen molar-refractivity contribution < 1.29 is 28.6 Å². The van der Waals surface area contributed by atoms with Crippen molar-refractivity contribution in [3.63, 3.8) is 0 Å². The van der Waals surface area contributed by atoms with Crippen LogP contribution >= 0.6 is 0 Å². The molecule has 1 aliphatic heterocycles. The van der Waals surface area contributed by atoms with Crippen molar-refractivity contribution in [3.8, 4) is 11.5 Å². The number of Topliss-reactive ketones (excluding diaryl/α,β-unsaturated/α-hetero) is 1. The summed E-state index contributed by atoms with van der Waals surface area (Å²) in [5.74, 6) is 0.292. The summed E-state index contributed by atoms with van der Waals surface area (Å²) in [5, 5.41) is 2.62. The minimum Gasteiger partial charge on any atom is -0.454 e. The van der Waals surface area contributed by atoms with Crippen molar-refractivity contribution in [1.82, 2.24) is 10.2 Å². The van der Waals surface area contributed by atoms with E-state index >= 15 is 0 Å². The first-order valence-corrected chi connectivity index (χ1v) is 9.60. The number of carbonyl (C=O) groups excluding carboxylic acids is 3. The van der Waals surface area contributed by atoms with Crippen LogP contribution in [0.5, 0.6) is 11.5 Å². The molecule has 0 bridgehead atoms. The van der Waals surface area contributed by atoms with Gasteiger partial charge in [-0.15, -0.1) is 0 Å². The Morgan fingerprint density at radius 3 is 2.31 bits per heavy atom. The fourth-order valence-corrected chi connectivity index (χ4v) is 2.83. The van der Waals surface area contributed by atoms with Crippen molar-refractivity contribution in [3.05, 3.63) is 23.8 Å². The average molecular weight is 406 g/mol. The fourth-order valence-electron chi connectivity index (χ4n) is 2.83. The molecule has 1 heterocycles. The molecule has 2 amide bonds. The molecule has 1 aromatic rings. The number of ketones is 1. The van der Waals surface area contributed by atoms with Gasteiger partial charge in [0.1, 0.15) is 11.6 Å². The Morgan fingerprint density at radius 1 is 1.10 bits per heavy atom. The predicted molar refractivity (Wildman–Crippen MR) is 107 cm³/mol. The fraction of sp³-hybridized carbons (Fsp3) is 0.571. The van der Waals surface area contributed by atoms with E-state index in [1.54, 1.807) is 52.9 Å². The summed E-state index contributed by atoms with van der Waals surface area (Å²) in [4.78, 5) is 39.4. The van der Waals surface area contributed by atoms with Gasteiger partial charge in [-0.25, -0.2) is 4.79 Å². The number of carbonyl (C=O) groups is 3. The van der Waals surface area contributed by atoms with Gasteiger partial charge < -0.3 is 24.4 Å². The maximum atomic E-state index is 13.0. The summed E-state index contributed by atoms with van der Waals surface area (Å²) in [5.41, 5.74) is -0.258. The zero-order valence-corrected chi connectivity index (χ0v) is 18.1. The maximum Gasteiger partial charge on any atom is 0.408 e. The van der Waals surface area contributed by atoms with E-state index in [1.807, 2.05) is 13.8 Å². The topological polar surface area (TPSA) is 94.2 Å². The lowest BCUT2D eigenvalue weighted by atomic mass is 10.00. The van der Waals surface area contributed by atoms with E-state index in [9.17, 15) is 14.4 Å². The zero-order chi connectivity index (χ0) is 21.9. The van der Waals surface area contributed by atoms with Crippen LogP contribution in [0.3, 0.4) is 0 Å². The molecule has 0 saturated carbocycles. The van der Waals surface area contributed by atoms with Crippen LogP contribution in [0, 0.1) is 5.92 Å². The molecule has 29 heavy (non-hydrogen) atoms. The predicted octanol–water partition coefficient (Wildman–Crippen LogP) is 2.99. The molecule has 1 aromatic carbocycles. The number of ether oxygens (including phenoxy) is 3. The molecule has 0 spiro atoms. The van der Waals surface area contributed by atoms with Crippen LogP contribution in [0.15, 0.2) is 18.2 Å². The highest BCUT2D eigenvalue weighted by Gasteiger charge is 2.33. The van der Waals surface area contributed by atoms with Crippen LogP contribution in [0.1, 0.15) is 51.9 Å². The van der Waals surface area contributed by atoms with E-state index in [0.717, 1.165) is 0 Å². The molecule has 1 N–H and O–H groups in total. The number of nitrogens with zero attached hydrogens (tertiary/aromatic N) is 1. The number of rotatable bonds is 6. The summed E-state index contributed by atoms with van der Waals surface area (Å²) in [6.45, 7) is 10.6. The molecule has 0 saturated heterocycles. The van der Waals surface area contributed by atoms with Gasteiger partial charge >= 0.3 is 6.09 Å². The number of hydrogen-bond acceptors (Lipinski definition) is 6. The van der Waals surface area contributed by atoms with Crippen LogP contribution < -0.4 is 14.8 Å². The lowest BCUT2D eigenvalue weighted by Crippen LogP contribution is -2.54. The second-order valence-electron chi connectivity index (χ2n) is 8.43. The second-order valence-corrected chi connectivity index (χ2v) is 8.43. The molecule has 2 rings (SSSR count). The van der Waals surface area contributed by atoms with Gasteiger partial charge in [0.2, 0.25) is 12.7 Å². The Balaban J connectivity index is 2.10. The monoisotopic (exact) mass is 406 g/mol. The summed E-state index contributed by atoms with van der Waals surface area (Å²) >= 11 is 0. The lowest BCUT2D eigenvalue weighted by molar-refractivity contribution is -0.134. The highest BCUT2D eigenvalue weighted by atomic mass is 16.7. The molecule has 0 aromatic heterocycles. The Bertz CT molecular complexity index is 784. The van der Waals surface area contributed by atoms with Crippen molar-refractivity contribution >= 4 is 17.8 Å². The third-order valence-corrected chi connectivity index (χ3v) is 4.57. The Labute approximate surface area is 171 Å². The smallest absolute Gasteiger partial charge is 0.408 e. The number of fused-ring (bicyclic) bond motifs is 1. The standard InChI is InChI=1S/C21H30N2O6/c1-12(2)17(22-20(26)29-21(4,5)6)19(25)23(7)13(3)18(24)14-8-9-15-16(10-14)28-11-27-15/h8-10,12-13,17H,11H2,1-7H3,(H,22,26)/t13?,17-/m0/s1. The van der Waals surface area contributed by atoms with Gasteiger partial charge in [0, 0.05) is 12.6 Å². The molecule has 8 heteroatoms. The van der Waals surface area contributed by atoms with Crippen molar-refractivity contribution in [2.45, 2.75) is 59.2 Å². The average Bonchev–Trinajstić information content (AvgIpc) is 3.09. The van der Waals surface area contributed by atoms with Crippen LogP contribution in [0.4, 0.5) is 4.79 Å². The SMILES string of the molecule is CC(C)[C@H](NC(=O)OC(C)(C)C)C(=O)N(C)C(C)C(=O)c1ccc2c(c1)OCO2. The number of nitrogens with one attached hydrogen (secondary N) is 1. The largest absolute Gasteiger partial charge is 0.454 e. The number of likely N-dealkylation sites (N-methyl/N-ethyl adjacent to an activating group) is 1. The summed E-state index contributed by atoms with van der Waals surface area (Å²) < 4.78 is 15.8. The zero-order valence-electron chi connectivity index (χ0n) is 18.1. The van der Waals surface area contributed by atoms with Crippen LogP contribution in [-0.2, 0) is 9.53 Å². The van der Waals surface area contributed by atoms with Gasteiger partial charge in [0.25, 0.3) is 0 Å². The molecule has 1 aliphatic rings. The third-order valence-electron chi connectivity index (χ3n) is 4.57. The van der Waals surface area contributed by atoms with Gasteiger partial charge in [0.05, 0.1) is 6.04 Å². The molecule has 2 atom stereocenters. The molecular weight excluding hydrogens is 376 g/mol. The van der Waals surface area contributed by atoms with E-state index in [2.05, 4.69) is 5.32 Å². The number of alkyl carbamates (subject to hydrolysis) is 1. The maximum absolute atomic E-state index is 13.0. The Kier molecular flexibility index (Phi) is 6.77. The molecule has 8 nitrogen and oxygen atoms in total. The Morgan fingerprint density at radius 2 is 1.72 bits per heavy atom. The van der Waals surface area contributed by atoms with Crippen LogP contribution in [0.2, 0.25) is 0 Å². The first-order valence-electron chi connectivity index (χ1n) is 9.60. The first-order chi connectivity index (χ1) is 13.4. The molecule has 0 fully saturated rings. The van der Waals surface area contributed by atoms with Crippen LogP contribution in [0.25, 0.3) is 0 Å². The van der Waals surface area contributed by atoms with Crippen molar-refractivity contribution in [2.75, 3.05) is 13.8 Å². The number of hydrogen-bond donors (Lipinski definition) is 1. The van der Waals surface area contributed by atoms with Crippen LogP contribution in [-0.4, -0.2) is 54.2 Å². The Hall–Kier alpha value is -2.77. The first kappa shape index (κ1) is 22.5. The van der Waals surface area contributed by atoms with E-state index in [4.69, 9.17) is 14.2 Å². The lowest BCUT2D eigenvalue weighted by Gasteiger charge is -2.31. The third kappa shape index (κ3) is 5.62. The second kappa shape index (κ2) is 8.71. The van der Waals surface area contributed by atoms with E-state index in [-0.39, 0.29) is 24.4 Å². The minimum atomic E-state index is -0.818. The van der Waals surface area contributed by atoms with Crippen molar-refractivity contribution in [1.29, 1.82) is 0 Å². The summed E-state index contributed by atoms with van der Waals surface area (Å²) in [6, 6.07) is 3.37. The van der Waals surface area contributed by atoms with E-state index in [0.29, 0.717) is 17.1 Å². The van der Waals surface area contributed by atoms with Gasteiger partial charge in [-0.1, -0.05) is 13.8 Å². The number of amides is 2. The summed E-state index contributed by atoms with van der Waals surface area (Å²) in [7, 11) is 1.55. The molecule has 160 valence electrons. The van der Waals surface area contributed by atoms with Crippen molar-refractivity contribution in [2.24, 2.45) is 5.92 Å². The highest BCUT2D eigenvalue weighted by Crippen LogP contribution is 2.33.